The third-order valence-electron chi connectivity index (χ3n) is 6.65. The zero-order valence-corrected chi connectivity index (χ0v) is 19.9. The lowest BCUT2D eigenvalue weighted by atomic mass is 9.97. The topological polar surface area (TPSA) is 80.1 Å². The van der Waals surface area contributed by atoms with E-state index in [4.69, 9.17) is 16.3 Å². The van der Waals surface area contributed by atoms with E-state index in [1.54, 1.807) is 22.9 Å². The first kappa shape index (κ1) is 22.4. The monoisotopic (exact) mass is 501 g/mol. The second-order valence-electron chi connectivity index (χ2n) is 8.80. The summed E-state index contributed by atoms with van der Waals surface area (Å²) >= 11 is 6.78. The molecular weight excluding hydrogens is 481 g/mol. The Hall–Kier alpha value is -4.10. The highest BCUT2D eigenvalue weighted by Crippen LogP contribution is 2.45. The summed E-state index contributed by atoms with van der Waals surface area (Å²) in [4.78, 5) is 20.1. The van der Waals surface area contributed by atoms with Gasteiger partial charge in [0.15, 0.2) is 0 Å². The number of benzene rings is 2. The molecule has 180 valence electrons. The summed E-state index contributed by atoms with van der Waals surface area (Å²) in [5.74, 6) is -0.278. The molecule has 8 heteroatoms. The number of fused-ring (bicyclic) bond motifs is 4. The van der Waals surface area contributed by atoms with Crippen LogP contribution in [0.25, 0.3) is 38.7 Å². The van der Waals surface area contributed by atoms with Gasteiger partial charge in [-0.3, -0.25) is 9.78 Å². The summed E-state index contributed by atoms with van der Waals surface area (Å²) < 4.78 is 23.1. The van der Waals surface area contributed by atoms with Crippen molar-refractivity contribution in [3.05, 3.63) is 99.5 Å². The fourth-order valence-electron chi connectivity index (χ4n) is 5.07. The third-order valence-corrected chi connectivity index (χ3v) is 7.09. The molecule has 6 rings (SSSR count). The predicted molar refractivity (Wildman–Crippen MR) is 139 cm³/mol. The van der Waals surface area contributed by atoms with Gasteiger partial charge in [0.05, 0.1) is 40.3 Å². The highest BCUT2D eigenvalue weighted by molar-refractivity contribution is 6.36. The molecule has 2 N–H and O–H groups in total. The molecule has 0 aliphatic carbocycles. The molecule has 3 aromatic heterocycles. The number of halogens is 2. The average Bonchev–Trinajstić information content (AvgIpc) is 3.20. The maximum Gasteiger partial charge on any atom is 0.255 e. The number of rotatable bonds is 4. The number of nitrogens with one attached hydrogen (secondary N) is 1. The smallest absolute Gasteiger partial charge is 0.255 e. The number of H-pyrrole nitrogens is 1. The molecule has 0 fully saturated rings. The number of aromatic amines is 1. The molecule has 0 atom stereocenters. The number of hydrogen-bond donors (Lipinski definition) is 2. The first-order chi connectivity index (χ1) is 17.5. The lowest BCUT2D eigenvalue weighted by molar-refractivity contribution is 0.288. The van der Waals surface area contributed by atoms with Crippen LogP contribution in [0.15, 0.2) is 66.2 Å². The third kappa shape index (κ3) is 3.38. The number of pyridine rings is 2. The number of aliphatic hydroxyl groups is 1. The van der Waals surface area contributed by atoms with E-state index in [1.807, 2.05) is 24.3 Å². The lowest BCUT2D eigenvalue weighted by Crippen LogP contribution is -2.11. The summed E-state index contributed by atoms with van der Waals surface area (Å²) in [6.07, 6.45) is 4.41. The van der Waals surface area contributed by atoms with Gasteiger partial charge in [0, 0.05) is 40.0 Å². The molecule has 0 bridgehead atoms. The van der Waals surface area contributed by atoms with Crippen LogP contribution in [0, 0.1) is 5.82 Å². The Morgan fingerprint density at radius 1 is 1.28 bits per heavy atom. The van der Waals surface area contributed by atoms with Gasteiger partial charge in [-0.05, 0) is 37.1 Å². The van der Waals surface area contributed by atoms with Crippen molar-refractivity contribution >= 4 is 39.2 Å². The fourth-order valence-corrected chi connectivity index (χ4v) is 5.34. The molecule has 2 aromatic carbocycles. The van der Waals surface area contributed by atoms with E-state index in [2.05, 4.69) is 16.5 Å². The van der Waals surface area contributed by atoms with E-state index in [9.17, 15) is 9.90 Å². The van der Waals surface area contributed by atoms with Gasteiger partial charge in [0.25, 0.3) is 5.56 Å². The first-order valence-corrected chi connectivity index (χ1v) is 11.9. The molecular formula is C28H21ClFN3O3. The highest BCUT2D eigenvalue weighted by atomic mass is 35.5. The van der Waals surface area contributed by atoms with E-state index in [0.717, 1.165) is 10.9 Å². The summed E-state index contributed by atoms with van der Waals surface area (Å²) in [6.45, 7) is 4.37. The molecule has 0 saturated carbocycles. The molecule has 1 aliphatic heterocycles. The minimum absolute atomic E-state index is 0.158. The molecule has 4 heterocycles. The number of aromatic nitrogens is 3. The molecule has 0 amide bonds. The Morgan fingerprint density at radius 2 is 2.11 bits per heavy atom. The Bertz CT molecular complexity index is 1760. The normalized spacial score (nSPS) is 13.1. The SMILES string of the molecule is C=C(O)c1c(-c2ccc[nH]c2=O)c2c3c(c(F)cc2n1Cc1cnc2ccccc2c1Cl)CCCO3. The minimum atomic E-state index is -0.401. The predicted octanol–water partition coefficient (Wildman–Crippen LogP) is 6.24. The number of nitrogens with zero attached hydrogens (tertiary/aromatic N) is 2. The van der Waals surface area contributed by atoms with Crippen LogP contribution in [0.2, 0.25) is 5.02 Å². The van der Waals surface area contributed by atoms with E-state index in [1.165, 1.54) is 12.3 Å². The number of para-hydroxylation sites is 1. The summed E-state index contributed by atoms with van der Waals surface area (Å²) in [5, 5.41) is 12.7. The molecule has 0 radical (unpaired) electrons. The average molecular weight is 502 g/mol. The van der Waals surface area contributed by atoms with Crippen molar-refractivity contribution in [1.82, 2.24) is 14.5 Å². The molecule has 6 nitrogen and oxygen atoms in total. The number of hydrogen-bond acceptors (Lipinski definition) is 4. The van der Waals surface area contributed by atoms with Crippen LogP contribution in [0.3, 0.4) is 0 Å². The molecule has 0 unspecified atom stereocenters. The van der Waals surface area contributed by atoms with Crippen LogP contribution in [0.4, 0.5) is 4.39 Å². The lowest BCUT2D eigenvalue weighted by Gasteiger charge is -2.20. The zero-order chi connectivity index (χ0) is 25.0. The first-order valence-electron chi connectivity index (χ1n) is 11.5. The van der Waals surface area contributed by atoms with Crippen molar-refractivity contribution in [2.24, 2.45) is 0 Å². The summed E-state index contributed by atoms with van der Waals surface area (Å²) in [7, 11) is 0. The van der Waals surface area contributed by atoms with Crippen molar-refractivity contribution in [3.8, 4) is 16.9 Å². The molecule has 1 aliphatic rings. The second kappa shape index (κ2) is 8.53. The van der Waals surface area contributed by atoms with E-state index in [-0.39, 0.29) is 23.6 Å². The molecule has 0 spiro atoms. The van der Waals surface area contributed by atoms with Crippen LogP contribution in [0.1, 0.15) is 23.2 Å². The van der Waals surface area contributed by atoms with Crippen molar-refractivity contribution in [3.63, 3.8) is 0 Å². The van der Waals surface area contributed by atoms with Gasteiger partial charge >= 0.3 is 0 Å². The zero-order valence-electron chi connectivity index (χ0n) is 19.1. The Labute approximate surface area is 210 Å². The van der Waals surface area contributed by atoms with Gasteiger partial charge in [-0.2, -0.15) is 0 Å². The molecule has 5 aromatic rings. The van der Waals surface area contributed by atoms with Crippen molar-refractivity contribution < 1.29 is 14.2 Å². The van der Waals surface area contributed by atoms with Crippen LogP contribution >= 0.6 is 11.6 Å². The number of aliphatic hydroxyl groups excluding tert-OH is 1. The van der Waals surface area contributed by atoms with Crippen LogP contribution in [-0.2, 0) is 13.0 Å². The van der Waals surface area contributed by atoms with E-state index >= 15 is 4.39 Å². The van der Waals surface area contributed by atoms with Gasteiger partial charge < -0.3 is 19.4 Å². The van der Waals surface area contributed by atoms with Gasteiger partial charge in [0.1, 0.15) is 17.3 Å². The number of ether oxygens (including phenoxy) is 1. The summed E-state index contributed by atoms with van der Waals surface area (Å²) in [5.41, 5.74) is 3.02. The largest absolute Gasteiger partial charge is 0.506 e. The Balaban J connectivity index is 1.71. The maximum atomic E-state index is 15.3. The van der Waals surface area contributed by atoms with Gasteiger partial charge in [-0.25, -0.2) is 4.39 Å². The van der Waals surface area contributed by atoms with Crippen LogP contribution in [0.5, 0.6) is 5.75 Å². The fraction of sp³-hybridized carbons (Fsp3) is 0.143. The highest BCUT2D eigenvalue weighted by Gasteiger charge is 2.30. The quantitative estimate of drug-likeness (QED) is 0.286. The Kier molecular flexibility index (Phi) is 5.30. The van der Waals surface area contributed by atoms with Crippen molar-refractivity contribution in [2.45, 2.75) is 19.4 Å². The van der Waals surface area contributed by atoms with Crippen molar-refractivity contribution in [2.75, 3.05) is 6.61 Å². The maximum absolute atomic E-state index is 15.3. The molecule has 36 heavy (non-hydrogen) atoms. The van der Waals surface area contributed by atoms with E-state index < -0.39 is 5.82 Å². The van der Waals surface area contributed by atoms with Crippen molar-refractivity contribution in [1.29, 1.82) is 0 Å². The van der Waals surface area contributed by atoms with Crippen LogP contribution < -0.4 is 10.3 Å². The van der Waals surface area contributed by atoms with Gasteiger partial charge in [-0.15, -0.1) is 0 Å². The molecule has 0 saturated heterocycles. The van der Waals surface area contributed by atoms with Gasteiger partial charge in [-0.1, -0.05) is 36.4 Å². The van der Waals surface area contributed by atoms with Gasteiger partial charge in [0.2, 0.25) is 0 Å². The van der Waals surface area contributed by atoms with Crippen LogP contribution in [-0.4, -0.2) is 26.2 Å². The second-order valence-corrected chi connectivity index (χ2v) is 9.17. The van der Waals surface area contributed by atoms with E-state index in [0.29, 0.717) is 63.4 Å². The minimum Gasteiger partial charge on any atom is -0.506 e. The standard InChI is InChI=1S/C28H21ClFN3O3/c1-15(34)26-23(19-7-4-10-31-28(19)35)24-22(12-20(30)17-8-5-11-36-27(17)24)33(26)14-16-13-32-21-9-3-2-6-18(21)25(16)29/h2-4,6-7,9-10,12-13,34H,1,5,8,11,14H2,(H,31,35). The Morgan fingerprint density at radius 3 is 2.92 bits per heavy atom. The summed E-state index contributed by atoms with van der Waals surface area (Å²) in [6, 6.07) is 12.3.